The predicted octanol–water partition coefficient (Wildman–Crippen LogP) is 1.97. The molecule has 0 amide bonds. The van der Waals surface area contributed by atoms with Gasteiger partial charge < -0.3 is 5.11 Å². The van der Waals surface area contributed by atoms with Gasteiger partial charge in [0.1, 0.15) is 0 Å². The van der Waals surface area contributed by atoms with E-state index < -0.39 is 9.84 Å². The largest absolute Gasteiger partial charge is 0.396 e. The van der Waals surface area contributed by atoms with Gasteiger partial charge in [0.05, 0.1) is 10.6 Å². The Balaban J connectivity index is 2.89. The number of rotatable bonds is 5. The minimum absolute atomic E-state index is 0.00449. The molecule has 0 aliphatic carbocycles. The van der Waals surface area contributed by atoms with E-state index in [4.69, 9.17) is 5.11 Å². The molecule has 0 aliphatic heterocycles. The molecule has 0 spiro atoms. The van der Waals surface area contributed by atoms with E-state index in [1.54, 1.807) is 12.1 Å². The summed E-state index contributed by atoms with van der Waals surface area (Å²) in [6.07, 6.45) is 0.286. The average Bonchev–Trinajstić information content (AvgIpc) is 2.26. The van der Waals surface area contributed by atoms with Gasteiger partial charge in [-0.2, -0.15) is 0 Å². The van der Waals surface area contributed by atoms with Crippen molar-refractivity contribution in [3.8, 4) is 0 Å². The molecule has 0 heterocycles. The molecule has 0 aliphatic rings. The highest BCUT2D eigenvalue weighted by molar-refractivity contribution is 7.91. The van der Waals surface area contributed by atoms with Gasteiger partial charge in [0.15, 0.2) is 9.84 Å². The van der Waals surface area contributed by atoms with E-state index in [1.165, 1.54) is 0 Å². The summed E-state index contributed by atoms with van der Waals surface area (Å²) in [5.74, 6) is 0.402. The summed E-state index contributed by atoms with van der Waals surface area (Å²) in [6, 6.07) is 6.97. The molecule has 0 saturated heterocycles. The fraction of sp³-hybridized carbons (Fsp3) is 0.500. The molecular formula is C12H18O3S. The molecule has 0 radical (unpaired) electrons. The number of aliphatic hydroxyl groups excluding tert-OH is 1. The topological polar surface area (TPSA) is 54.4 Å². The number of benzene rings is 1. The van der Waals surface area contributed by atoms with Crippen LogP contribution in [0.3, 0.4) is 0 Å². The Morgan fingerprint density at radius 3 is 2.19 bits per heavy atom. The summed E-state index contributed by atoms with van der Waals surface area (Å²) in [5.41, 5.74) is 1.13. The van der Waals surface area contributed by atoms with Crippen LogP contribution in [0.5, 0.6) is 0 Å². The van der Waals surface area contributed by atoms with Crippen LogP contribution in [0.15, 0.2) is 29.2 Å². The number of sulfone groups is 1. The zero-order chi connectivity index (χ0) is 12.2. The number of aliphatic hydroxyl groups is 1. The van der Waals surface area contributed by atoms with Crippen molar-refractivity contribution in [1.82, 2.24) is 0 Å². The second kappa shape index (κ2) is 5.46. The molecule has 16 heavy (non-hydrogen) atoms. The molecule has 0 saturated carbocycles. The summed E-state index contributed by atoms with van der Waals surface area (Å²) in [6.45, 7) is 4.04. The van der Waals surface area contributed by atoms with Crippen LogP contribution in [0.2, 0.25) is 0 Å². The Labute approximate surface area is 97.0 Å². The van der Waals surface area contributed by atoms with Gasteiger partial charge in [-0.3, -0.25) is 0 Å². The predicted molar refractivity (Wildman–Crippen MR) is 64.3 cm³/mol. The van der Waals surface area contributed by atoms with E-state index in [-0.39, 0.29) is 18.8 Å². The van der Waals surface area contributed by atoms with Crippen molar-refractivity contribution in [1.29, 1.82) is 0 Å². The van der Waals surface area contributed by atoms with Crippen LogP contribution in [-0.4, -0.2) is 25.9 Å². The van der Waals surface area contributed by atoms with Crippen LogP contribution >= 0.6 is 0 Å². The molecule has 1 aromatic carbocycles. The molecular weight excluding hydrogens is 224 g/mol. The molecule has 0 aromatic heterocycles. The summed E-state index contributed by atoms with van der Waals surface area (Å²) in [4.78, 5) is 0.338. The second-order valence-electron chi connectivity index (χ2n) is 4.12. The Kier molecular flexibility index (Phi) is 4.50. The second-order valence-corrected chi connectivity index (χ2v) is 6.23. The summed E-state index contributed by atoms with van der Waals surface area (Å²) in [7, 11) is -3.22. The van der Waals surface area contributed by atoms with Gasteiger partial charge in [0.25, 0.3) is 0 Å². The zero-order valence-corrected chi connectivity index (χ0v) is 10.5. The maximum Gasteiger partial charge on any atom is 0.178 e. The van der Waals surface area contributed by atoms with Crippen molar-refractivity contribution in [2.75, 3.05) is 12.4 Å². The lowest BCUT2D eigenvalue weighted by molar-refractivity contribution is 0.295. The van der Waals surface area contributed by atoms with Crippen LogP contribution in [0, 0.1) is 0 Å². The highest BCUT2D eigenvalue weighted by Gasteiger charge is 2.13. The SMILES string of the molecule is CC(C)c1ccc(S(=O)(=O)CCCO)cc1. The maximum atomic E-state index is 11.8. The van der Waals surface area contributed by atoms with Crippen molar-refractivity contribution in [2.45, 2.75) is 31.1 Å². The number of hydrogen-bond acceptors (Lipinski definition) is 3. The number of hydrogen-bond donors (Lipinski definition) is 1. The Morgan fingerprint density at radius 2 is 1.75 bits per heavy atom. The monoisotopic (exact) mass is 242 g/mol. The van der Waals surface area contributed by atoms with Crippen LogP contribution in [0.25, 0.3) is 0 Å². The van der Waals surface area contributed by atoms with Crippen molar-refractivity contribution in [3.05, 3.63) is 29.8 Å². The van der Waals surface area contributed by atoms with E-state index in [1.807, 2.05) is 12.1 Å². The molecule has 0 unspecified atom stereocenters. The summed E-state index contributed by atoms with van der Waals surface area (Å²) >= 11 is 0. The minimum atomic E-state index is -3.22. The summed E-state index contributed by atoms with van der Waals surface area (Å²) in [5, 5.41) is 8.63. The quantitative estimate of drug-likeness (QED) is 0.858. The molecule has 90 valence electrons. The first-order chi connectivity index (χ1) is 7.47. The van der Waals surface area contributed by atoms with E-state index in [0.717, 1.165) is 5.56 Å². The molecule has 1 rings (SSSR count). The van der Waals surface area contributed by atoms with Crippen LogP contribution < -0.4 is 0 Å². The fourth-order valence-corrected chi connectivity index (χ4v) is 2.73. The van der Waals surface area contributed by atoms with Gasteiger partial charge in [0, 0.05) is 6.61 Å². The van der Waals surface area contributed by atoms with E-state index in [0.29, 0.717) is 10.8 Å². The molecule has 0 fully saturated rings. The van der Waals surface area contributed by atoms with E-state index in [2.05, 4.69) is 13.8 Å². The molecule has 0 atom stereocenters. The third kappa shape index (κ3) is 3.32. The molecule has 1 N–H and O–H groups in total. The van der Waals surface area contributed by atoms with Gasteiger partial charge in [-0.05, 0) is 30.0 Å². The lowest BCUT2D eigenvalue weighted by Crippen LogP contribution is -2.08. The molecule has 1 aromatic rings. The average molecular weight is 242 g/mol. The van der Waals surface area contributed by atoms with E-state index in [9.17, 15) is 8.42 Å². The van der Waals surface area contributed by atoms with Crippen molar-refractivity contribution in [3.63, 3.8) is 0 Å². The highest BCUT2D eigenvalue weighted by Crippen LogP contribution is 2.18. The van der Waals surface area contributed by atoms with Gasteiger partial charge in [0.2, 0.25) is 0 Å². The standard InChI is InChI=1S/C12H18O3S/c1-10(2)11-4-6-12(7-5-11)16(14,15)9-3-8-13/h4-7,10,13H,3,8-9H2,1-2H3. The Hall–Kier alpha value is -0.870. The Morgan fingerprint density at radius 1 is 1.19 bits per heavy atom. The molecule has 0 bridgehead atoms. The first-order valence-electron chi connectivity index (χ1n) is 5.41. The zero-order valence-electron chi connectivity index (χ0n) is 9.68. The van der Waals surface area contributed by atoms with Crippen LogP contribution in [0.1, 0.15) is 31.7 Å². The van der Waals surface area contributed by atoms with Crippen LogP contribution in [-0.2, 0) is 9.84 Å². The minimum Gasteiger partial charge on any atom is -0.396 e. The third-order valence-electron chi connectivity index (χ3n) is 2.48. The van der Waals surface area contributed by atoms with Crippen molar-refractivity contribution < 1.29 is 13.5 Å². The third-order valence-corrected chi connectivity index (χ3v) is 4.29. The normalized spacial score (nSPS) is 12.0. The molecule has 4 heteroatoms. The first-order valence-corrected chi connectivity index (χ1v) is 7.06. The van der Waals surface area contributed by atoms with Gasteiger partial charge in [-0.25, -0.2) is 8.42 Å². The first kappa shape index (κ1) is 13.2. The lowest BCUT2D eigenvalue weighted by atomic mass is 10.0. The van der Waals surface area contributed by atoms with Gasteiger partial charge >= 0.3 is 0 Å². The van der Waals surface area contributed by atoms with Gasteiger partial charge in [-0.1, -0.05) is 26.0 Å². The van der Waals surface area contributed by atoms with Gasteiger partial charge in [-0.15, -0.1) is 0 Å². The van der Waals surface area contributed by atoms with E-state index >= 15 is 0 Å². The highest BCUT2D eigenvalue weighted by atomic mass is 32.2. The summed E-state index contributed by atoms with van der Waals surface area (Å²) < 4.78 is 23.5. The van der Waals surface area contributed by atoms with Crippen molar-refractivity contribution >= 4 is 9.84 Å². The lowest BCUT2D eigenvalue weighted by Gasteiger charge is -2.07. The van der Waals surface area contributed by atoms with Crippen molar-refractivity contribution in [2.24, 2.45) is 0 Å². The Bertz CT molecular complexity index is 418. The van der Waals surface area contributed by atoms with Crippen LogP contribution in [0.4, 0.5) is 0 Å². The smallest absolute Gasteiger partial charge is 0.178 e. The fourth-order valence-electron chi connectivity index (χ4n) is 1.43. The molecule has 3 nitrogen and oxygen atoms in total. The maximum absolute atomic E-state index is 11.8.